The predicted octanol–water partition coefficient (Wildman–Crippen LogP) is 3.35. The number of amides is 1. The molecule has 1 amide bonds. The molecular weight excluding hydrogens is 454 g/mol. The van der Waals surface area contributed by atoms with E-state index in [-0.39, 0.29) is 17.2 Å². The molecule has 34 heavy (non-hydrogen) atoms. The highest BCUT2D eigenvalue weighted by atomic mass is 32.2. The summed E-state index contributed by atoms with van der Waals surface area (Å²) in [5, 5.41) is 3.95. The quantitative estimate of drug-likeness (QED) is 0.354. The molecule has 0 heterocycles. The average Bonchev–Trinajstić information content (AvgIpc) is 2.84. The van der Waals surface area contributed by atoms with Gasteiger partial charge in [0.05, 0.1) is 27.0 Å². The fourth-order valence-electron chi connectivity index (χ4n) is 3.23. The second-order valence-electron chi connectivity index (χ2n) is 7.48. The van der Waals surface area contributed by atoms with E-state index in [1.165, 1.54) is 19.4 Å². The third-order valence-corrected chi connectivity index (χ3v) is 6.77. The van der Waals surface area contributed by atoms with Crippen molar-refractivity contribution in [1.29, 1.82) is 0 Å². The van der Waals surface area contributed by atoms with Crippen molar-refractivity contribution in [2.75, 3.05) is 20.8 Å². The van der Waals surface area contributed by atoms with E-state index in [0.717, 1.165) is 21.0 Å². The topological polar surface area (TPSA) is 97.3 Å². The number of nitrogens with one attached hydrogen (secondary N) is 1. The van der Waals surface area contributed by atoms with E-state index in [9.17, 15) is 13.2 Å². The Morgan fingerprint density at radius 1 is 1.00 bits per heavy atom. The number of carbonyl (C=O) groups excluding carboxylic acids is 1. The summed E-state index contributed by atoms with van der Waals surface area (Å²) in [6, 6.07) is 21.1. The standard InChI is InChI=1S/C25H27N3O5S/c1-19-12-13-23(33-3)24(14-19)34(30,31)28(17-20-8-5-4-6-9-20)18-25(29)27-26-16-21-10-7-11-22(15-21)32-2/h4-16H,17-18H2,1-3H3,(H,27,29)/b26-16+. The molecule has 0 saturated heterocycles. The van der Waals surface area contributed by atoms with Gasteiger partial charge in [0.25, 0.3) is 5.91 Å². The minimum atomic E-state index is -4.07. The summed E-state index contributed by atoms with van der Waals surface area (Å²) in [5.41, 5.74) is 4.62. The lowest BCUT2D eigenvalue weighted by atomic mass is 10.2. The SMILES string of the molecule is COc1cccc(/C=N/NC(=O)CN(Cc2ccccc2)S(=O)(=O)c2cc(C)ccc2OC)c1. The van der Waals surface area contributed by atoms with Crippen molar-refractivity contribution in [3.05, 3.63) is 89.5 Å². The van der Waals surface area contributed by atoms with Crippen molar-refractivity contribution >= 4 is 22.1 Å². The number of hydrogen-bond donors (Lipinski definition) is 1. The molecule has 0 spiro atoms. The summed E-state index contributed by atoms with van der Waals surface area (Å²) in [6.07, 6.45) is 1.46. The first-order valence-electron chi connectivity index (χ1n) is 10.5. The van der Waals surface area contributed by atoms with Gasteiger partial charge < -0.3 is 9.47 Å². The lowest BCUT2D eigenvalue weighted by Crippen LogP contribution is -2.39. The summed E-state index contributed by atoms with van der Waals surface area (Å²) in [5.74, 6) is 0.285. The molecule has 9 heteroatoms. The highest BCUT2D eigenvalue weighted by molar-refractivity contribution is 7.89. The maximum atomic E-state index is 13.6. The second-order valence-corrected chi connectivity index (χ2v) is 9.39. The van der Waals surface area contributed by atoms with Gasteiger partial charge in [0.2, 0.25) is 10.0 Å². The molecule has 0 aliphatic carbocycles. The van der Waals surface area contributed by atoms with Crippen molar-refractivity contribution in [3.63, 3.8) is 0 Å². The number of benzene rings is 3. The van der Waals surface area contributed by atoms with Gasteiger partial charge in [-0.15, -0.1) is 0 Å². The van der Waals surface area contributed by atoms with E-state index in [4.69, 9.17) is 9.47 Å². The van der Waals surface area contributed by atoms with Crippen LogP contribution in [-0.2, 0) is 21.4 Å². The molecule has 0 atom stereocenters. The van der Waals surface area contributed by atoms with Gasteiger partial charge in [-0.3, -0.25) is 4.79 Å². The zero-order valence-corrected chi connectivity index (χ0v) is 20.1. The van der Waals surface area contributed by atoms with Crippen LogP contribution in [0, 0.1) is 6.92 Å². The van der Waals surface area contributed by atoms with Gasteiger partial charge in [-0.05, 0) is 47.9 Å². The lowest BCUT2D eigenvalue weighted by Gasteiger charge is -2.23. The molecule has 3 aromatic rings. The average molecular weight is 482 g/mol. The molecule has 0 aliphatic heterocycles. The van der Waals surface area contributed by atoms with E-state index in [1.54, 1.807) is 62.6 Å². The first-order valence-corrected chi connectivity index (χ1v) is 11.9. The Kier molecular flexibility index (Phi) is 8.39. The molecule has 0 unspecified atom stereocenters. The molecule has 1 N–H and O–H groups in total. The van der Waals surface area contributed by atoms with Crippen LogP contribution in [-0.4, -0.2) is 45.6 Å². The molecule has 0 saturated carbocycles. The molecule has 0 bridgehead atoms. The Hall–Kier alpha value is -3.69. The molecule has 178 valence electrons. The second kappa shape index (κ2) is 11.4. The van der Waals surface area contributed by atoms with Crippen molar-refractivity contribution in [2.45, 2.75) is 18.4 Å². The Morgan fingerprint density at radius 2 is 1.76 bits per heavy atom. The first-order chi connectivity index (χ1) is 16.3. The number of nitrogens with zero attached hydrogens (tertiary/aromatic N) is 2. The molecule has 8 nitrogen and oxygen atoms in total. The minimum absolute atomic E-state index is 0.00128. The van der Waals surface area contributed by atoms with Gasteiger partial charge in [0, 0.05) is 6.54 Å². The highest BCUT2D eigenvalue weighted by Crippen LogP contribution is 2.28. The van der Waals surface area contributed by atoms with Crippen molar-refractivity contribution in [2.24, 2.45) is 5.10 Å². The van der Waals surface area contributed by atoms with Crippen LogP contribution in [0.2, 0.25) is 0 Å². The van der Waals surface area contributed by atoms with E-state index < -0.39 is 22.5 Å². The number of sulfonamides is 1. The molecule has 3 aromatic carbocycles. The van der Waals surface area contributed by atoms with Crippen LogP contribution in [0.25, 0.3) is 0 Å². The van der Waals surface area contributed by atoms with Crippen LogP contribution >= 0.6 is 0 Å². The van der Waals surface area contributed by atoms with E-state index in [0.29, 0.717) is 5.75 Å². The first kappa shape index (κ1) is 24.9. The normalized spacial score (nSPS) is 11.5. The number of carbonyl (C=O) groups is 1. The number of ether oxygens (including phenoxy) is 2. The Bertz CT molecular complexity index is 1260. The van der Waals surface area contributed by atoms with Crippen LogP contribution < -0.4 is 14.9 Å². The summed E-state index contributed by atoms with van der Waals surface area (Å²) >= 11 is 0. The lowest BCUT2D eigenvalue weighted by molar-refractivity contribution is -0.121. The van der Waals surface area contributed by atoms with Gasteiger partial charge >= 0.3 is 0 Å². The number of aryl methyl sites for hydroxylation is 1. The van der Waals surface area contributed by atoms with E-state index in [1.807, 2.05) is 18.2 Å². The highest BCUT2D eigenvalue weighted by Gasteiger charge is 2.30. The molecule has 0 radical (unpaired) electrons. The maximum absolute atomic E-state index is 13.6. The molecular formula is C25H27N3O5S. The van der Waals surface area contributed by atoms with Gasteiger partial charge in [0.1, 0.15) is 16.4 Å². The summed E-state index contributed by atoms with van der Waals surface area (Å²) < 4.78 is 38.7. The maximum Gasteiger partial charge on any atom is 0.255 e. The zero-order valence-electron chi connectivity index (χ0n) is 19.3. The van der Waals surface area contributed by atoms with Crippen molar-refractivity contribution in [1.82, 2.24) is 9.73 Å². The summed E-state index contributed by atoms with van der Waals surface area (Å²) in [6.45, 7) is 1.37. The Balaban J connectivity index is 1.84. The monoisotopic (exact) mass is 481 g/mol. The predicted molar refractivity (Wildman–Crippen MR) is 130 cm³/mol. The molecule has 0 fully saturated rings. The smallest absolute Gasteiger partial charge is 0.255 e. The van der Waals surface area contributed by atoms with Crippen LogP contribution in [0.15, 0.2) is 82.8 Å². The number of hydrogen-bond acceptors (Lipinski definition) is 6. The number of methoxy groups -OCH3 is 2. The van der Waals surface area contributed by atoms with Gasteiger partial charge in [-0.1, -0.05) is 48.5 Å². The van der Waals surface area contributed by atoms with Crippen molar-refractivity contribution < 1.29 is 22.7 Å². The van der Waals surface area contributed by atoms with Crippen LogP contribution in [0.4, 0.5) is 0 Å². The third kappa shape index (κ3) is 6.43. The fourth-order valence-corrected chi connectivity index (χ4v) is 4.86. The van der Waals surface area contributed by atoms with Gasteiger partial charge in [-0.2, -0.15) is 9.41 Å². The third-order valence-electron chi connectivity index (χ3n) is 4.96. The fraction of sp³-hybridized carbons (Fsp3) is 0.200. The molecule has 0 aromatic heterocycles. The van der Waals surface area contributed by atoms with Crippen LogP contribution in [0.3, 0.4) is 0 Å². The summed E-state index contributed by atoms with van der Waals surface area (Å²) in [7, 11) is -1.10. The van der Waals surface area contributed by atoms with Gasteiger partial charge in [-0.25, -0.2) is 13.8 Å². The Labute approximate surface area is 199 Å². The van der Waals surface area contributed by atoms with E-state index >= 15 is 0 Å². The number of rotatable bonds is 10. The molecule has 0 aliphatic rings. The van der Waals surface area contributed by atoms with Crippen LogP contribution in [0.5, 0.6) is 11.5 Å². The minimum Gasteiger partial charge on any atom is -0.497 e. The van der Waals surface area contributed by atoms with Gasteiger partial charge in [0.15, 0.2) is 0 Å². The van der Waals surface area contributed by atoms with Crippen molar-refractivity contribution in [3.8, 4) is 11.5 Å². The van der Waals surface area contributed by atoms with E-state index in [2.05, 4.69) is 10.5 Å². The van der Waals surface area contributed by atoms with Crippen LogP contribution in [0.1, 0.15) is 16.7 Å². The Morgan fingerprint density at radius 3 is 2.47 bits per heavy atom. The molecule has 3 rings (SSSR count). The zero-order chi connectivity index (χ0) is 24.6. The summed E-state index contributed by atoms with van der Waals surface area (Å²) in [4.78, 5) is 12.7. The largest absolute Gasteiger partial charge is 0.497 e. The number of hydrazone groups is 1.